The van der Waals surface area contributed by atoms with Crippen LogP contribution >= 0.6 is 0 Å². The Hall–Kier alpha value is -1.39. The van der Waals surface area contributed by atoms with Crippen LogP contribution in [0.25, 0.3) is 0 Å². The summed E-state index contributed by atoms with van der Waals surface area (Å²) in [6, 6.07) is 6.50. The van der Waals surface area contributed by atoms with Crippen LogP contribution in [0.3, 0.4) is 0 Å². The second-order valence-electron chi connectivity index (χ2n) is 7.25. The Labute approximate surface area is 145 Å². The summed E-state index contributed by atoms with van der Waals surface area (Å²) in [5, 5.41) is 0. The van der Waals surface area contributed by atoms with Crippen LogP contribution in [0.1, 0.15) is 36.0 Å². The molecule has 2 aliphatic rings. The van der Waals surface area contributed by atoms with Gasteiger partial charge in [0.2, 0.25) is 5.91 Å². The SMILES string of the molecule is Cc1ccc(CCC(=O)N2CCN(CC3CCCO3)CC2)c(C)c1. The highest BCUT2D eigenvalue weighted by Gasteiger charge is 2.24. The van der Waals surface area contributed by atoms with Crippen molar-refractivity contribution in [2.75, 3.05) is 39.3 Å². The van der Waals surface area contributed by atoms with E-state index < -0.39 is 0 Å². The topological polar surface area (TPSA) is 32.8 Å². The fourth-order valence-electron chi connectivity index (χ4n) is 3.78. The molecule has 2 heterocycles. The smallest absolute Gasteiger partial charge is 0.222 e. The largest absolute Gasteiger partial charge is 0.377 e. The van der Waals surface area contributed by atoms with Gasteiger partial charge in [0.1, 0.15) is 0 Å². The lowest BCUT2D eigenvalue weighted by Gasteiger charge is -2.35. The molecular formula is C20H30N2O2. The molecular weight excluding hydrogens is 300 g/mol. The van der Waals surface area contributed by atoms with Crippen molar-refractivity contribution in [3.8, 4) is 0 Å². The molecule has 24 heavy (non-hydrogen) atoms. The zero-order valence-electron chi connectivity index (χ0n) is 15.1. The maximum Gasteiger partial charge on any atom is 0.222 e. The quantitative estimate of drug-likeness (QED) is 0.832. The maximum absolute atomic E-state index is 12.5. The molecule has 2 aliphatic heterocycles. The van der Waals surface area contributed by atoms with Crippen molar-refractivity contribution >= 4 is 5.91 Å². The van der Waals surface area contributed by atoms with Gasteiger partial charge in [0.25, 0.3) is 0 Å². The Kier molecular flexibility index (Phi) is 5.90. The minimum atomic E-state index is 0.298. The van der Waals surface area contributed by atoms with Gasteiger partial charge in [-0.15, -0.1) is 0 Å². The van der Waals surface area contributed by atoms with Crippen molar-refractivity contribution in [3.05, 3.63) is 34.9 Å². The van der Waals surface area contributed by atoms with Gasteiger partial charge in [-0.05, 0) is 44.2 Å². The molecule has 1 aromatic rings. The van der Waals surface area contributed by atoms with E-state index >= 15 is 0 Å². The molecule has 2 saturated heterocycles. The second-order valence-corrected chi connectivity index (χ2v) is 7.25. The third-order valence-corrected chi connectivity index (χ3v) is 5.32. The highest BCUT2D eigenvalue weighted by molar-refractivity contribution is 5.76. The molecule has 0 aliphatic carbocycles. The van der Waals surface area contributed by atoms with Crippen LogP contribution in [0.5, 0.6) is 0 Å². The molecule has 1 aromatic carbocycles. The van der Waals surface area contributed by atoms with Gasteiger partial charge in [-0.25, -0.2) is 0 Å². The highest BCUT2D eigenvalue weighted by atomic mass is 16.5. The Morgan fingerprint density at radius 2 is 2.00 bits per heavy atom. The van der Waals surface area contributed by atoms with Crippen LogP contribution in [0.15, 0.2) is 18.2 Å². The predicted molar refractivity (Wildman–Crippen MR) is 96.2 cm³/mol. The summed E-state index contributed by atoms with van der Waals surface area (Å²) in [5.41, 5.74) is 3.88. The molecule has 0 saturated carbocycles. The number of aryl methyl sites for hydroxylation is 3. The third kappa shape index (κ3) is 4.58. The van der Waals surface area contributed by atoms with Crippen molar-refractivity contribution in [1.29, 1.82) is 0 Å². The summed E-state index contributed by atoms with van der Waals surface area (Å²) in [6.07, 6.45) is 4.27. The van der Waals surface area contributed by atoms with Crippen molar-refractivity contribution < 1.29 is 9.53 Å². The van der Waals surface area contributed by atoms with E-state index in [1.54, 1.807) is 0 Å². The first-order valence-corrected chi connectivity index (χ1v) is 9.29. The minimum absolute atomic E-state index is 0.298. The molecule has 0 radical (unpaired) electrons. The van der Waals surface area contributed by atoms with Crippen LogP contribution in [-0.4, -0.2) is 61.1 Å². The number of amides is 1. The molecule has 3 rings (SSSR count). The van der Waals surface area contributed by atoms with Crippen molar-refractivity contribution in [3.63, 3.8) is 0 Å². The van der Waals surface area contributed by atoms with E-state index in [0.717, 1.165) is 45.8 Å². The predicted octanol–water partition coefficient (Wildman–Crippen LogP) is 2.56. The number of rotatable bonds is 5. The normalized spacial score (nSPS) is 22.1. The second kappa shape index (κ2) is 8.13. The standard InChI is InChI=1S/C20H30N2O2/c1-16-5-6-18(17(2)14-16)7-8-20(23)22-11-9-21(10-12-22)15-19-4-3-13-24-19/h5-6,14,19H,3-4,7-13,15H2,1-2H3. The monoisotopic (exact) mass is 330 g/mol. The molecule has 0 bridgehead atoms. The number of benzene rings is 1. The van der Waals surface area contributed by atoms with Crippen molar-refractivity contribution in [2.45, 2.75) is 45.6 Å². The Bertz CT molecular complexity index is 559. The summed E-state index contributed by atoms with van der Waals surface area (Å²) in [5.74, 6) is 0.298. The summed E-state index contributed by atoms with van der Waals surface area (Å²) < 4.78 is 5.71. The van der Waals surface area contributed by atoms with Gasteiger partial charge in [0, 0.05) is 45.8 Å². The molecule has 0 aromatic heterocycles. The van der Waals surface area contributed by atoms with Crippen molar-refractivity contribution in [1.82, 2.24) is 9.80 Å². The number of piperazine rings is 1. The van der Waals surface area contributed by atoms with Gasteiger partial charge in [-0.2, -0.15) is 0 Å². The van der Waals surface area contributed by atoms with E-state index in [1.165, 1.54) is 29.5 Å². The lowest BCUT2D eigenvalue weighted by molar-refractivity contribution is -0.133. The number of nitrogens with zero attached hydrogens (tertiary/aromatic N) is 2. The van der Waals surface area contributed by atoms with Crippen LogP contribution in [-0.2, 0) is 16.0 Å². The Morgan fingerprint density at radius 3 is 2.67 bits per heavy atom. The number of ether oxygens (including phenoxy) is 1. The Balaban J connectivity index is 1.41. The first-order chi connectivity index (χ1) is 11.6. The van der Waals surface area contributed by atoms with Gasteiger partial charge < -0.3 is 9.64 Å². The van der Waals surface area contributed by atoms with Gasteiger partial charge in [0.15, 0.2) is 0 Å². The van der Waals surface area contributed by atoms with Crippen LogP contribution in [0.4, 0.5) is 0 Å². The summed E-state index contributed by atoms with van der Waals surface area (Å²) in [7, 11) is 0. The average Bonchev–Trinajstić information content (AvgIpc) is 3.07. The summed E-state index contributed by atoms with van der Waals surface area (Å²) in [6.45, 7) is 9.88. The molecule has 0 spiro atoms. The fourth-order valence-corrected chi connectivity index (χ4v) is 3.78. The molecule has 132 valence electrons. The minimum Gasteiger partial charge on any atom is -0.377 e. The third-order valence-electron chi connectivity index (χ3n) is 5.32. The van der Waals surface area contributed by atoms with E-state index in [9.17, 15) is 4.79 Å². The van der Waals surface area contributed by atoms with E-state index in [0.29, 0.717) is 18.4 Å². The molecule has 1 atom stereocenters. The summed E-state index contributed by atoms with van der Waals surface area (Å²) >= 11 is 0. The molecule has 4 nitrogen and oxygen atoms in total. The zero-order valence-corrected chi connectivity index (χ0v) is 15.1. The molecule has 4 heteroatoms. The van der Waals surface area contributed by atoms with Gasteiger partial charge in [-0.1, -0.05) is 23.8 Å². The molecule has 1 unspecified atom stereocenters. The first-order valence-electron chi connectivity index (χ1n) is 9.29. The zero-order chi connectivity index (χ0) is 16.9. The van der Waals surface area contributed by atoms with Crippen LogP contribution in [0, 0.1) is 13.8 Å². The van der Waals surface area contributed by atoms with Crippen molar-refractivity contribution in [2.24, 2.45) is 0 Å². The van der Waals surface area contributed by atoms with Crippen LogP contribution in [0.2, 0.25) is 0 Å². The number of hydrogen-bond donors (Lipinski definition) is 0. The fraction of sp³-hybridized carbons (Fsp3) is 0.650. The number of carbonyl (C=O) groups excluding carboxylic acids is 1. The number of carbonyl (C=O) groups is 1. The van der Waals surface area contributed by atoms with E-state index in [1.807, 2.05) is 4.90 Å². The van der Waals surface area contributed by atoms with E-state index in [-0.39, 0.29) is 0 Å². The lowest BCUT2D eigenvalue weighted by Crippen LogP contribution is -2.50. The molecule has 1 amide bonds. The van der Waals surface area contributed by atoms with Gasteiger partial charge >= 0.3 is 0 Å². The first kappa shape index (κ1) is 17.4. The lowest BCUT2D eigenvalue weighted by atomic mass is 10.0. The van der Waals surface area contributed by atoms with Gasteiger partial charge in [-0.3, -0.25) is 9.69 Å². The Morgan fingerprint density at radius 1 is 1.21 bits per heavy atom. The molecule has 2 fully saturated rings. The van der Waals surface area contributed by atoms with Crippen LogP contribution < -0.4 is 0 Å². The average molecular weight is 330 g/mol. The highest BCUT2D eigenvalue weighted by Crippen LogP contribution is 2.16. The number of hydrogen-bond acceptors (Lipinski definition) is 3. The van der Waals surface area contributed by atoms with E-state index in [2.05, 4.69) is 36.9 Å². The summed E-state index contributed by atoms with van der Waals surface area (Å²) in [4.78, 5) is 17.0. The van der Waals surface area contributed by atoms with E-state index in [4.69, 9.17) is 4.74 Å². The maximum atomic E-state index is 12.5. The van der Waals surface area contributed by atoms with Gasteiger partial charge in [0.05, 0.1) is 6.10 Å². The molecule has 0 N–H and O–H groups in total.